The van der Waals surface area contributed by atoms with E-state index in [0.29, 0.717) is 30.3 Å². The summed E-state index contributed by atoms with van der Waals surface area (Å²) in [5, 5.41) is 10.4. The van der Waals surface area contributed by atoms with Crippen molar-refractivity contribution in [3.8, 4) is 11.5 Å². The summed E-state index contributed by atoms with van der Waals surface area (Å²) >= 11 is 0. The number of aliphatic hydroxyl groups is 1. The summed E-state index contributed by atoms with van der Waals surface area (Å²) in [5.41, 5.74) is 1.60. The van der Waals surface area contributed by atoms with Gasteiger partial charge in [-0.15, -0.1) is 0 Å². The molecule has 0 aliphatic carbocycles. The van der Waals surface area contributed by atoms with Crippen LogP contribution >= 0.6 is 0 Å². The molecule has 146 valence electrons. The van der Waals surface area contributed by atoms with Crippen LogP contribution in [-0.2, 0) is 6.42 Å². The largest absolute Gasteiger partial charge is 0.486 e. The van der Waals surface area contributed by atoms with Crippen LogP contribution in [0, 0.1) is 5.41 Å². The van der Waals surface area contributed by atoms with E-state index in [2.05, 4.69) is 12.1 Å². The van der Waals surface area contributed by atoms with E-state index in [0.717, 1.165) is 25.7 Å². The number of aliphatic hydroxyl groups excluding tert-OH is 1. The van der Waals surface area contributed by atoms with Crippen LogP contribution in [0.5, 0.6) is 11.5 Å². The highest BCUT2D eigenvalue weighted by molar-refractivity contribution is 5.96. The molecule has 3 atom stereocenters. The molecule has 5 heteroatoms. The molecule has 0 unspecified atom stereocenters. The van der Waals surface area contributed by atoms with E-state index in [1.807, 2.05) is 35.2 Å². The third kappa shape index (κ3) is 2.76. The van der Waals surface area contributed by atoms with Gasteiger partial charge in [-0.1, -0.05) is 30.3 Å². The summed E-state index contributed by atoms with van der Waals surface area (Å²) < 4.78 is 11.2. The molecule has 2 fully saturated rings. The molecule has 0 saturated carbocycles. The molecule has 2 aromatic carbocycles. The molecule has 1 amide bonds. The second-order valence-electron chi connectivity index (χ2n) is 8.20. The second-order valence-corrected chi connectivity index (χ2v) is 8.20. The summed E-state index contributed by atoms with van der Waals surface area (Å²) in [5.74, 6) is 1.37. The van der Waals surface area contributed by atoms with Gasteiger partial charge in [0.2, 0.25) is 0 Å². The van der Waals surface area contributed by atoms with Crippen molar-refractivity contribution < 1.29 is 19.4 Å². The third-order valence-corrected chi connectivity index (χ3v) is 6.59. The van der Waals surface area contributed by atoms with E-state index in [1.54, 1.807) is 6.07 Å². The molecule has 28 heavy (non-hydrogen) atoms. The second kappa shape index (κ2) is 6.82. The summed E-state index contributed by atoms with van der Waals surface area (Å²) in [6, 6.07) is 16.0. The van der Waals surface area contributed by atoms with Gasteiger partial charge in [0.05, 0.1) is 6.61 Å². The predicted molar refractivity (Wildman–Crippen MR) is 105 cm³/mol. The van der Waals surface area contributed by atoms with E-state index < -0.39 is 0 Å². The highest BCUT2D eigenvalue weighted by atomic mass is 16.6. The molecule has 0 aromatic heterocycles. The number of amides is 1. The number of hydrogen-bond donors (Lipinski definition) is 1. The van der Waals surface area contributed by atoms with E-state index in [1.165, 1.54) is 5.56 Å². The Kier molecular flexibility index (Phi) is 4.27. The number of fused-ring (bicyclic) bond motifs is 3. The zero-order chi connectivity index (χ0) is 19.1. The van der Waals surface area contributed by atoms with Crippen LogP contribution in [0.15, 0.2) is 48.5 Å². The molecule has 3 heterocycles. The van der Waals surface area contributed by atoms with Gasteiger partial charge in [-0.25, -0.2) is 0 Å². The van der Waals surface area contributed by atoms with Gasteiger partial charge in [-0.2, -0.15) is 0 Å². The zero-order valence-electron chi connectivity index (χ0n) is 15.8. The Hall–Kier alpha value is -2.53. The van der Waals surface area contributed by atoms with Gasteiger partial charge in [-0.3, -0.25) is 4.79 Å². The van der Waals surface area contributed by atoms with Gasteiger partial charge < -0.3 is 19.5 Å². The van der Waals surface area contributed by atoms with E-state index >= 15 is 0 Å². The Morgan fingerprint density at radius 3 is 2.64 bits per heavy atom. The molecular formula is C23H25NO4. The summed E-state index contributed by atoms with van der Waals surface area (Å²) in [7, 11) is 0. The number of rotatable bonds is 4. The minimum atomic E-state index is -0.256. The molecule has 0 spiro atoms. The number of carbonyl (C=O) groups is 1. The lowest BCUT2D eigenvalue weighted by Gasteiger charge is -2.36. The average molecular weight is 379 g/mol. The fourth-order valence-corrected chi connectivity index (χ4v) is 5.34. The number of nitrogens with zero attached hydrogens (tertiary/aromatic N) is 1. The van der Waals surface area contributed by atoms with Gasteiger partial charge in [0.25, 0.3) is 5.91 Å². The Bertz CT molecular complexity index is 883. The first-order valence-corrected chi connectivity index (χ1v) is 10.1. The van der Waals surface area contributed by atoms with Gasteiger partial charge in [-0.05, 0) is 49.4 Å². The molecule has 5 rings (SSSR count). The third-order valence-electron chi connectivity index (χ3n) is 6.59. The molecule has 3 aliphatic rings. The van der Waals surface area contributed by atoms with Gasteiger partial charge in [0.15, 0.2) is 11.5 Å². The fourth-order valence-electron chi connectivity index (χ4n) is 5.34. The Morgan fingerprint density at radius 2 is 1.86 bits per heavy atom. The summed E-state index contributed by atoms with van der Waals surface area (Å²) in [6.45, 7) is 1.15. The highest BCUT2D eigenvalue weighted by Crippen LogP contribution is 2.52. The van der Waals surface area contributed by atoms with Crippen molar-refractivity contribution in [3.63, 3.8) is 0 Å². The van der Waals surface area contributed by atoms with Gasteiger partial charge in [0.1, 0.15) is 13.2 Å². The lowest BCUT2D eigenvalue weighted by Crippen LogP contribution is -2.44. The molecule has 1 N–H and O–H groups in total. The normalized spacial score (nSPS) is 27.8. The summed E-state index contributed by atoms with van der Waals surface area (Å²) in [6.07, 6.45) is 3.63. The maximum absolute atomic E-state index is 13.4. The number of benzene rings is 2. The first-order valence-electron chi connectivity index (χ1n) is 10.1. The van der Waals surface area contributed by atoms with Crippen molar-refractivity contribution in [2.24, 2.45) is 5.41 Å². The smallest absolute Gasteiger partial charge is 0.254 e. The van der Waals surface area contributed by atoms with Crippen molar-refractivity contribution in [1.29, 1.82) is 0 Å². The van der Waals surface area contributed by atoms with E-state index in [9.17, 15) is 9.90 Å². The van der Waals surface area contributed by atoms with Crippen LogP contribution in [0.4, 0.5) is 0 Å². The molecule has 2 saturated heterocycles. The summed E-state index contributed by atoms with van der Waals surface area (Å²) in [4.78, 5) is 15.4. The first-order chi connectivity index (χ1) is 13.7. The van der Waals surface area contributed by atoms with Crippen molar-refractivity contribution in [1.82, 2.24) is 4.90 Å². The molecule has 2 aromatic rings. The van der Waals surface area contributed by atoms with Crippen molar-refractivity contribution >= 4 is 5.91 Å². The predicted octanol–water partition coefficient (Wildman–Crippen LogP) is 3.06. The van der Waals surface area contributed by atoms with Crippen LogP contribution in [0.3, 0.4) is 0 Å². The minimum absolute atomic E-state index is 0.0351. The molecule has 2 bridgehead atoms. The number of hydrogen-bond acceptors (Lipinski definition) is 4. The molecule has 0 radical (unpaired) electrons. The van der Waals surface area contributed by atoms with Crippen molar-refractivity contribution in [3.05, 3.63) is 59.7 Å². The monoisotopic (exact) mass is 379 g/mol. The van der Waals surface area contributed by atoms with Crippen LogP contribution in [-0.4, -0.2) is 47.8 Å². The Morgan fingerprint density at radius 1 is 1.07 bits per heavy atom. The number of carbonyl (C=O) groups excluding carboxylic acids is 1. The SMILES string of the molecule is O=C(c1ccc2c(c1)OCCO2)N1[C@@H]2CC[C@H]1[C@](CO)(Cc1ccccc1)C2. The molecule has 5 nitrogen and oxygen atoms in total. The standard InChI is InChI=1S/C23H25NO4/c25-15-23(13-16-4-2-1-3-5-16)14-18-7-9-21(23)24(18)22(26)17-6-8-19-20(12-17)28-11-10-27-19/h1-6,8,12,18,21,25H,7,9-11,13-15H2/t18-,21+,23-/m1/s1. The first kappa shape index (κ1) is 17.6. The quantitative estimate of drug-likeness (QED) is 0.887. The lowest BCUT2D eigenvalue weighted by molar-refractivity contribution is 0.0570. The van der Waals surface area contributed by atoms with Crippen molar-refractivity contribution in [2.45, 2.75) is 37.8 Å². The fraction of sp³-hybridized carbons (Fsp3) is 0.435. The topological polar surface area (TPSA) is 59.0 Å². The maximum atomic E-state index is 13.4. The zero-order valence-corrected chi connectivity index (χ0v) is 15.8. The van der Waals surface area contributed by atoms with Gasteiger partial charge >= 0.3 is 0 Å². The van der Waals surface area contributed by atoms with Crippen LogP contribution in [0.2, 0.25) is 0 Å². The number of ether oxygens (including phenoxy) is 2. The van der Waals surface area contributed by atoms with Crippen LogP contribution in [0.1, 0.15) is 35.2 Å². The maximum Gasteiger partial charge on any atom is 0.254 e. The van der Waals surface area contributed by atoms with E-state index in [4.69, 9.17) is 9.47 Å². The van der Waals surface area contributed by atoms with Crippen LogP contribution in [0.25, 0.3) is 0 Å². The Labute approximate surface area is 164 Å². The average Bonchev–Trinajstić information content (AvgIpc) is 3.29. The Balaban J connectivity index is 1.42. The molecular weight excluding hydrogens is 354 g/mol. The highest BCUT2D eigenvalue weighted by Gasteiger charge is 2.57. The van der Waals surface area contributed by atoms with Gasteiger partial charge in [0, 0.05) is 23.1 Å². The van der Waals surface area contributed by atoms with Crippen molar-refractivity contribution in [2.75, 3.05) is 19.8 Å². The minimum Gasteiger partial charge on any atom is -0.486 e. The van der Waals surface area contributed by atoms with Crippen LogP contribution < -0.4 is 9.47 Å². The van der Waals surface area contributed by atoms with E-state index in [-0.39, 0.29) is 30.0 Å². The lowest BCUT2D eigenvalue weighted by atomic mass is 9.70. The molecule has 3 aliphatic heterocycles.